The van der Waals surface area contributed by atoms with Gasteiger partial charge in [0.1, 0.15) is 6.33 Å². The largest absolute Gasteiger partial charge is 0.454 e. The van der Waals surface area contributed by atoms with Crippen molar-refractivity contribution in [3.05, 3.63) is 40.9 Å². The molecule has 2 aromatic rings. The van der Waals surface area contributed by atoms with Gasteiger partial charge >= 0.3 is 5.97 Å². The number of carbonyl (C=O) groups is 1. The molecule has 0 aliphatic rings. The van der Waals surface area contributed by atoms with Crippen LogP contribution in [-0.4, -0.2) is 20.7 Å². The zero-order valence-electron chi connectivity index (χ0n) is 11.9. The molecule has 1 heterocycles. The number of nitrogens with zero attached hydrogens (tertiary/aromatic N) is 3. The molecular weight excluding hydrogens is 292 g/mol. The predicted octanol–water partition coefficient (Wildman–Crippen LogP) is 2.53. The summed E-state index contributed by atoms with van der Waals surface area (Å²) in [7, 11) is 0. The third-order valence-corrected chi connectivity index (χ3v) is 3.14. The molecule has 1 aromatic carbocycles. The first-order valence-electron chi connectivity index (χ1n) is 6.56. The Balaban J connectivity index is 2.01. The average molecular weight is 309 g/mol. The number of rotatable bonds is 5. The maximum Gasteiger partial charge on any atom is 0.338 e. The molecule has 2 N–H and O–H groups in total. The van der Waals surface area contributed by atoms with Crippen molar-refractivity contribution in [3.63, 3.8) is 0 Å². The van der Waals surface area contributed by atoms with Crippen LogP contribution in [0.3, 0.4) is 0 Å². The van der Waals surface area contributed by atoms with Crippen LogP contribution in [0.1, 0.15) is 30.0 Å². The monoisotopic (exact) mass is 308 g/mol. The fraction of sp³-hybridized carbons (Fsp3) is 0.357. The standard InChI is InChI=1S/C14H17ClN4O2/c1-9(2)6-19-13(17-8-18-19)7-21-14(20)10-3-4-11(15)12(16)5-10/h3-5,8-9H,6-7,16H2,1-2H3. The fourth-order valence-corrected chi connectivity index (χ4v) is 1.90. The lowest BCUT2D eigenvalue weighted by Crippen LogP contribution is -2.13. The molecule has 2 rings (SSSR count). The summed E-state index contributed by atoms with van der Waals surface area (Å²) < 4.78 is 6.96. The van der Waals surface area contributed by atoms with Gasteiger partial charge in [-0.05, 0) is 24.1 Å². The van der Waals surface area contributed by atoms with Gasteiger partial charge in [-0.15, -0.1) is 0 Å². The van der Waals surface area contributed by atoms with Crippen LogP contribution in [0.15, 0.2) is 24.5 Å². The number of hydrogen-bond donors (Lipinski definition) is 1. The van der Waals surface area contributed by atoms with Gasteiger partial charge in [0, 0.05) is 6.54 Å². The molecule has 21 heavy (non-hydrogen) atoms. The molecule has 6 nitrogen and oxygen atoms in total. The normalized spacial score (nSPS) is 10.9. The molecule has 0 saturated carbocycles. The minimum atomic E-state index is -0.475. The molecule has 0 radical (unpaired) electrons. The molecule has 0 bridgehead atoms. The van der Waals surface area contributed by atoms with E-state index in [1.807, 2.05) is 0 Å². The van der Waals surface area contributed by atoms with Gasteiger partial charge in [-0.3, -0.25) is 0 Å². The van der Waals surface area contributed by atoms with Crippen molar-refractivity contribution in [2.24, 2.45) is 5.92 Å². The smallest absolute Gasteiger partial charge is 0.338 e. The molecule has 0 aliphatic carbocycles. The van der Waals surface area contributed by atoms with Gasteiger partial charge in [-0.1, -0.05) is 25.4 Å². The first-order valence-corrected chi connectivity index (χ1v) is 6.94. The second-order valence-electron chi connectivity index (χ2n) is 5.06. The van der Waals surface area contributed by atoms with Crippen LogP contribution < -0.4 is 5.73 Å². The maximum atomic E-state index is 12.0. The Morgan fingerprint density at radius 1 is 1.48 bits per heavy atom. The van der Waals surface area contributed by atoms with E-state index in [9.17, 15) is 4.79 Å². The maximum absolute atomic E-state index is 12.0. The predicted molar refractivity (Wildman–Crippen MR) is 79.8 cm³/mol. The summed E-state index contributed by atoms with van der Waals surface area (Å²) in [6.07, 6.45) is 1.45. The van der Waals surface area contributed by atoms with E-state index >= 15 is 0 Å². The number of esters is 1. The Morgan fingerprint density at radius 3 is 2.90 bits per heavy atom. The van der Waals surface area contributed by atoms with Gasteiger partial charge in [0.05, 0.1) is 16.3 Å². The number of nitrogen functional groups attached to an aromatic ring is 1. The average Bonchev–Trinajstić information content (AvgIpc) is 2.85. The molecule has 0 fully saturated rings. The SMILES string of the molecule is CC(C)Cn1ncnc1COC(=O)c1ccc(Cl)c(N)c1. The van der Waals surface area contributed by atoms with Gasteiger partial charge in [0.25, 0.3) is 0 Å². The third-order valence-electron chi connectivity index (χ3n) is 2.80. The van der Waals surface area contributed by atoms with Crippen LogP contribution in [0.2, 0.25) is 5.02 Å². The summed E-state index contributed by atoms with van der Waals surface area (Å²) in [4.78, 5) is 16.1. The highest BCUT2D eigenvalue weighted by Crippen LogP contribution is 2.20. The van der Waals surface area contributed by atoms with Gasteiger partial charge < -0.3 is 10.5 Å². The lowest BCUT2D eigenvalue weighted by Gasteiger charge is -2.09. The molecule has 0 aliphatic heterocycles. The van der Waals surface area contributed by atoms with E-state index in [0.29, 0.717) is 28.0 Å². The molecule has 1 aromatic heterocycles. The quantitative estimate of drug-likeness (QED) is 0.678. The Morgan fingerprint density at radius 2 is 2.24 bits per heavy atom. The zero-order valence-corrected chi connectivity index (χ0v) is 12.7. The fourth-order valence-electron chi connectivity index (χ4n) is 1.78. The molecule has 0 unspecified atom stereocenters. The number of halogens is 1. The summed E-state index contributed by atoms with van der Waals surface area (Å²) in [5, 5.41) is 4.52. The first-order chi connectivity index (χ1) is 9.97. The lowest BCUT2D eigenvalue weighted by molar-refractivity contribution is 0.0456. The third kappa shape index (κ3) is 3.95. The highest BCUT2D eigenvalue weighted by Gasteiger charge is 2.12. The number of aromatic nitrogens is 3. The minimum absolute atomic E-state index is 0.0636. The topological polar surface area (TPSA) is 83.0 Å². The zero-order chi connectivity index (χ0) is 15.4. The van der Waals surface area contributed by atoms with Crippen molar-refractivity contribution in [1.29, 1.82) is 0 Å². The van der Waals surface area contributed by atoms with E-state index < -0.39 is 5.97 Å². The van der Waals surface area contributed by atoms with Crippen LogP contribution >= 0.6 is 11.6 Å². The van der Waals surface area contributed by atoms with Crippen molar-refractivity contribution < 1.29 is 9.53 Å². The van der Waals surface area contributed by atoms with Crippen LogP contribution in [0.5, 0.6) is 0 Å². The Kier molecular flexibility index (Phi) is 4.80. The van der Waals surface area contributed by atoms with Crippen molar-refractivity contribution in [2.75, 3.05) is 5.73 Å². The van der Waals surface area contributed by atoms with E-state index in [-0.39, 0.29) is 6.61 Å². The van der Waals surface area contributed by atoms with Crippen molar-refractivity contribution in [3.8, 4) is 0 Å². The van der Waals surface area contributed by atoms with Crippen LogP contribution in [0.25, 0.3) is 0 Å². The van der Waals surface area contributed by atoms with Gasteiger partial charge in [-0.25, -0.2) is 14.5 Å². The summed E-state index contributed by atoms with van der Waals surface area (Å²) >= 11 is 5.81. The van der Waals surface area contributed by atoms with E-state index in [4.69, 9.17) is 22.1 Å². The first kappa shape index (κ1) is 15.3. The number of benzene rings is 1. The molecular formula is C14H17ClN4O2. The van der Waals surface area contributed by atoms with E-state index in [2.05, 4.69) is 23.9 Å². The van der Waals surface area contributed by atoms with Crippen molar-refractivity contribution in [2.45, 2.75) is 27.0 Å². The summed E-state index contributed by atoms with van der Waals surface area (Å²) in [6.45, 7) is 4.94. The van der Waals surface area contributed by atoms with Gasteiger partial charge in [0.15, 0.2) is 12.4 Å². The van der Waals surface area contributed by atoms with Crippen LogP contribution in [0.4, 0.5) is 5.69 Å². The summed E-state index contributed by atoms with van der Waals surface area (Å²) in [5.41, 5.74) is 6.36. The van der Waals surface area contributed by atoms with Gasteiger partial charge in [0.2, 0.25) is 0 Å². The molecule has 0 saturated heterocycles. The second-order valence-corrected chi connectivity index (χ2v) is 5.47. The minimum Gasteiger partial charge on any atom is -0.454 e. The Hall–Kier alpha value is -2.08. The Labute approximate surface area is 127 Å². The highest BCUT2D eigenvalue weighted by atomic mass is 35.5. The van der Waals surface area contributed by atoms with Gasteiger partial charge in [-0.2, -0.15) is 5.10 Å². The molecule has 0 spiro atoms. The number of nitrogens with two attached hydrogens (primary N) is 1. The Bertz CT molecular complexity index is 640. The molecule has 112 valence electrons. The molecule has 0 amide bonds. The number of ether oxygens (including phenoxy) is 1. The van der Waals surface area contributed by atoms with Crippen molar-refractivity contribution >= 4 is 23.3 Å². The lowest BCUT2D eigenvalue weighted by atomic mass is 10.2. The highest BCUT2D eigenvalue weighted by molar-refractivity contribution is 6.33. The number of hydrogen-bond acceptors (Lipinski definition) is 5. The van der Waals surface area contributed by atoms with Crippen molar-refractivity contribution in [1.82, 2.24) is 14.8 Å². The van der Waals surface area contributed by atoms with Crippen LogP contribution in [-0.2, 0) is 17.9 Å². The van der Waals surface area contributed by atoms with E-state index in [1.165, 1.54) is 12.4 Å². The van der Waals surface area contributed by atoms with Crippen LogP contribution in [0, 0.1) is 5.92 Å². The summed E-state index contributed by atoms with van der Waals surface area (Å²) in [5.74, 6) is 0.564. The second kappa shape index (κ2) is 6.58. The molecule has 7 heteroatoms. The number of carbonyl (C=O) groups excluding carboxylic acids is 1. The number of anilines is 1. The summed E-state index contributed by atoms with van der Waals surface area (Å²) in [6, 6.07) is 4.62. The van der Waals surface area contributed by atoms with E-state index in [0.717, 1.165) is 6.54 Å². The molecule has 0 atom stereocenters. The van der Waals surface area contributed by atoms with E-state index in [1.54, 1.807) is 16.8 Å².